The number of carbonyl (C=O) groups excluding carboxylic acids is 1. The number of hydrogen-bond acceptors (Lipinski definition) is 2. The van der Waals surface area contributed by atoms with E-state index in [9.17, 15) is 4.79 Å². The quantitative estimate of drug-likeness (QED) is 0.689. The lowest BCUT2D eigenvalue weighted by molar-refractivity contribution is -0.125. The van der Waals surface area contributed by atoms with Crippen molar-refractivity contribution >= 4 is 5.78 Å². The Morgan fingerprint density at radius 3 is 2.36 bits per heavy atom. The summed E-state index contributed by atoms with van der Waals surface area (Å²) in [7, 11) is 0. The zero-order valence-corrected chi connectivity index (χ0v) is 9.75. The molecule has 14 heavy (non-hydrogen) atoms. The maximum atomic E-state index is 11.8. The monoisotopic (exact) mass is 197 g/mol. The van der Waals surface area contributed by atoms with Crippen LogP contribution in [0.2, 0.25) is 0 Å². The normalized spacial score (nSPS) is 20.3. The van der Waals surface area contributed by atoms with Crippen LogP contribution < -0.4 is 0 Å². The van der Waals surface area contributed by atoms with Gasteiger partial charge in [0.15, 0.2) is 0 Å². The molecule has 0 aliphatic carbocycles. The van der Waals surface area contributed by atoms with Gasteiger partial charge in [-0.15, -0.1) is 0 Å². The summed E-state index contributed by atoms with van der Waals surface area (Å²) in [6.45, 7) is 9.80. The van der Waals surface area contributed by atoms with Crippen molar-refractivity contribution in [3.63, 3.8) is 0 Å². The highest BCUT2D eigenvalue weighted by atomic mass is 16.1. The van der Waals surface area contributed by atoms with E-state index < -0.39 is 0 Å². The lowest BCUT2D eigenvalue weighted by Crippen LogP contribution is -2.36. The van der Waals surface area contributed by atoms with Gasteiger partial charge in [0.1, 0.15) is 5.78 Å². The number of ketones is 1. The summed E-state index contributed by atoms with van der Waals surface area (Å²) in [5.74, 6) is 1.38. The van der Waals surface area contributed by atoms with Crippen molar-refractivity contribution in [1.82, 2.24) is 4.90 Å². The maximum Gasteiger partial charge on any atom is 0.136 e. The van der Waals surface area contributed by atoms with Crippen LogP contribution in [0.5, 0.6) is 0 Å². The smallest absolute Gasteiger partial charge is 0.136 e. The molecule has 0 atom stereocenters. The minimum Gasteiger partial charge on any atom is -0.304 e. The van der Waals surface area contributed by atoms with E-state index in [1.54, 1.807) is 0 Å². The van der Waals surface area contributed by atoms with Crippen molar-refractivity contribution < 1.29 is 4.79 Å². The number of rotatable bonds is 4. The number of hydrogen-bond donors (Lipinski definition) is 0. The molecule has 0 spiro atoms. The first-order valence-electron chi connectivity index (χ1n) is 5.88. The van der Waals surface area contributed by atoms with E-state index in [-0.39, 0.29) is 0 Å². The molecule has 0 saturated carbocycles. The first-order chi connectivity index (χ1) is 6.63. The topological polar surface area (TPSA) is 20.3 Å². The molecule has 1 aliphatic rings. The zero-order chi connectivity index (χ0) is 10.6. The molecule has 1 rings (SSSR count). The van der Waals surface area contributed by atoms with Crippen LogP contribution in [-0.2, 0) is 4.79 Å². The van der Waals surface area contributed by atoms with Crippen molar-refractivity contribution in [1.29, 1.82) is 0 Å². The molecule has 0 aromatic carbocycles. The van der Waals surface area contributed by atoms with Gasteiger partial charge in [0, 0.05) is 12.3 Å². The summed E-state index contributed by atoms with van der Waals surface area (Å²) >= 11 is 0. The van der Waals surface area contributed by atoms with E-state index in [4.69, 9.17) is 0 Å². The summed E-state index contributed by atoms with van der Waals surface area (Å²) in [6.07, 6.45) is 2.94. The van der Waals surface area contributed by atoms with Crippen LogP contribution in [0.4, 0.5) is 0 Å². The summed E-state index contributed by atoms with van der Waals surface area (Å²) in [5.41, 5.74) is 0. The van der Waals surface area contributed by atoms with Crippen LogP contribution in [-0.4, -0.2) is 30.3 Å². The number of Topliss-reactive ketones (excluding diaryl/α,β-unsaturated/α-hetero) is 1. The number of piperidine rings is 1. The molecule has 2 heteroatoms. The van der Waals surface area contributed by atoms with E-state index in [0.717, 1.165) is 38.9 Å². The SMILES string of the molecule is CCN1CCC(C(=O)CC(C)C)CC1. The minimum absolute atomic E-state index is 0.361. The highest BCUT2D eigenvalue weighted by molar-refractivity contribution is 5.81. The van der Waals surface area contributed by atoms with E-state index in [0.29, 0.717) is 17.6 Å². The third-order valence-corrected chi connectivity index (χ3v) is 3.10. The Bertz CT molecular complexity index is 181. The Hall–Kier alpha value is -0.370. The van der Waals surface area contributed by atoms with E-state index in [1.807, 2.05) is 0 Å². The molecule has 0 N–H and O–H groups in total. The summed E-state index contributed by atoms with van der Waals surface area (Å²) in [6, 6.07) is 0. The molecule has 0 amide bonds. The maximum absolute atomic E-state index is 11.8. The van der Waals surface area contributed by atoms with Gasteiger partial charge in [0.25, 0.3) is 0 Å². The van der Waals surface area contributed by atoms with Gasteiger partial charge in [0.05, 0.1) is 0 Å². The molecule has 1 saturated heterocycles. The van der Waals surface area contributed by atoms with Crippen molar-refractivity contribution in [2.24, 2.45) is 11.8 Å². The van der Waals surface area contributed by atoms with Crippen LogP contribution >= 0.6 is 0 Å². The fourth-order valence-corrected chi connectivity index (χ4v) is 2.14. The molecule has 82 valence electrons. The minimum atomic E-state index is 0.361. The molecule has 2 nitrogen and oxygen atoms in total. The van der Waals surface area contributed by atoms with Crippen molar-refractivity contribution in [3.05, 3.63) is 0 Å². The Morgan fingerprint density at radius 1 is 1.36 bits per heavy atom. The van der Waals surface area contributed by atoms with E-state index in [2.05, 4.69) is 25.7 Å². The van der Waals surface area contributed by atoms with Crippen molar-refractivity contribution in [2.75, 3.05) is 19.6 Å². The van der Waals surface area contributed by atoms with Crippen LogP contribution in [0.1, 0.15) is 40.0 Å². The van der Waals surface area contributed by atoms with E-state index >= 15 is 0 Å². The molecule has 1 fully saturated rings. The standard InChI is InChI=1S/C12H23NO/c1-4-13-7-5-11(6-8-13)12(14)9-10(2)3/h10-11H,4-9H2,1-3H3. The van der Waals surface area contributed by atoms with Gasteiger partial charge in [-0.25, -0.2) is 0 Å². The van der Waals surface area contributed by atoms with Gasteiger partial charge in [-0.1, -0.05) is 20.8 Å². The molecule has 1 aliphatic heterocycles. The molecular weight excluding hydrogens is 174 g/mol. The van der Waals surface area contributed by atoms with Gasteiger partial charge in [0.2, 0.25) is 0 Å². The van der Waals surface area contributed by atoms with Gasteiger partial charge in [-0.2, -0.15) is 0 Å². The average Bonchev–Trinajstić information content (AvgIpc) is 2.17. The Labute approximate surface area is 87.7 Å². The van der Waals surface area contributed by atoms with Crippen LogP contribution in [0.3, 0.4) is 0 Å². The molecule has 0 radical (unpaired) electrons. The van der Waals surface area contributed by atoms with Gasteiger partial charge in [-0.3, -0.25) is 4.79 Å². The molecule has 0 unspecified atom stereocenters. The lowest BCUT2D eigenvalue weighted by atomic mass is 9.88. The summed E-state index contributed by atoms with van der Waals surface area (Å²) in [5, 5.41) is 0. The van der Waals surface area contributed by atoms with Gasteiger partial charge >= 0.3 is 0 Å². The molecular formula is C12H23NO. The summed E-state index contributed by atoms with van der Waals surface area (Å²) in [4.78, 5) is 14.2. The second-order valence-corrected chi connectivity index (χ2v) is 4.77. The highest BCUT2D eigenvalue weighted by Crippen LogP contribution is 2.20. The molecule has 1 heterocycles. The van der Waals surface area contributed by atoms with Crippen molar-refractivity contribution in [3.8, 4) is 0 Å². The largest absolute Gasteiger partial charge is 0.304 e. The molecule has 0 bridgehead atoms. The fourth-order valence-electron chi connectivity index (χ4n) is 2.14. The number of nitrogens with zero attached hydrogens (tertiary/aromatic N) is 1. The molecule has 0 aromatic rings. The number of carbonyl (C=O) groups is 1. The lowest BCUT2D eigenvalue weighted by Gasteiger charge is -2.30. The first kappa shape index (κ1) is 11.7. The predicted octanol–water partition coefficient (Wildman–Crippen LogP) is 2.33. The third-order valence-electron chi connectivity index (χ3n) is 3.10. The second-order valence-electron chi connectivity index (χ2n) is 4.77. The highest BCUT2D eigenvalue weighted by Gasteiger charge is 2.24. The Kier molecular flexibility index (Phi) is 4.59. The van der Waals surface area contributed by atoms with E-state index in [1.165, 1.54) is 0 Å². The zero-order valence-electron chi connectivity index (χ0n) is 9.75. The first-order valence-corrected chi connectivity index (χ1v) is 5.88. The number of likely N-dealkylation sites (tertiary alicyclic amines) is 1. The third kappa shape index (κ3) is 3.41. The Balaban J connectivity index is 2.30. The van der Waals surface area contributed by atoms with Crippen LogP contribution in [0.15, 0.2) is 0 Å². The molecule has 0 aromatic heterocycles. The summed E-state index contributed by atoms with van der Waals surface area (Å²) < 4.78 is 0. The average molecular weight is 197 g/mol. The van der Waals surface area contributed by atoms with Crippen LogP contribution in [0.25, 0.3) is 0 Å². The predicted molar refractivity (Wildman–Crippen MR) is 59.3 cm³/mol. The van der Waals surface area contributed by atoms with Crippen molar-refractivity contribution in [2.45, 2.75) is 40.0 Å². The fraction of sp³-hybridized carbons (Fsp3) is 0.917. The van der Waals surface area contributed by atoms with Gasteiger partial charge in [-0.05, 0) is 38.4 Å². The van der Waals surface area contributed by atoms with Gasteiger partial charge < -0.3 is 4.90 Å². The second kappa shape index (κ2) is 5.50. The van der Waals surface area contributed by atoms with Crippen LogP contribution in [0, 0.1) is 11.8 Å². The Morgan fingerprint density at radius 2 is 1.93 bits per heavy atom.